The van der Waals surface area contributed by atoms with Crippen LogP contribution in [0.2, 0.25) is 0 Å². The first-order valence-electron chi connectivity index (χ1n) is 10.2. The van der Waals surface area contributed by atoms with E-state index in [0.29, 0.717) is 25.4 Å². The molecule has 0 aliphatic heterocycles. The molecule has 1 heterocycles. The van der Waals surface area contributed by atoms with Gasteiger partial charge >= 0.3 is 0 Å². The van der Waals surface area contributed by atoms with Crippen molar-refractivity contribution in [2.24, 2.45) is 0 Å². The van der Waals surface area contributed by atoms with E-state index in [4.69, 9.17) is 4.74 Å². The lowest BCUT2D eigenvalue weighted by Crippen LogP contribution is -2.13. The molecule has 1 amide bonds. The molecule has 6 nitrogen and oxygen atoms in total. The highest BCUT2D eigenvalue weighted by molar-refractivity contribution is 5.91. The summed E-state index contributed by atoms with van der Waals surface area (Å²) in [6, 6.07) is 17.5. The van der Waals surface area contributed by atoms with Crippen molar-refractivity contribution in [3.05, 3.63) is 71.5 Å². The Morgan fingerprint density at radius 1 is 0.967 bits per heavy atom. The molecule has 156 valence electrons. The van der Waals surface area contributed by atoms with E-state index in [2.05, 4.69) is 39.7 Å². The summed E-state index contributed by atoms with van der Waals surface area (Å²) >= 11 is 0. The van der Waals surface area contributed by atoms with Crippen molar-refractivity contribution in [1.82, 2.24) is 9.97 Å². The fourth-order valence-electron chi connectivity index (χ4n) is 3.05. The average molecular weight is 405 g/mol. The van der Waals surface area contributed by atoms with Gasteiger partial charge in [0, 0.05) is 29.2 Å². The minimum atomic E-state index is -0.0419. The Kier molecular flexibility index (Phi) is 7.38. The van der Waals surface area contributed by atoms with Gasteiger partial charge in [-0.05, 0) is 68.7 Å². The summed E-state index contributed by atoms with van der Waals surface area (Å²) in [4.78, 5) is 21.0. The summed E-state index contributed by atoms with van der Waals surface area (Å²) < 4.78 is 5.71. The van der Waals surface area contributed by atoms with Crippen molar-refractivity contribution in [1.29, 1.82) is 0 Å². The second-order valence-electron chi connectivity index (χ2n) is 7.18. The minimum absolute atomic E-state index is 0.0419. The van der Waals surface area contributed by atoms with Gasteiger partial charge < -0.3 is 15.4 Å². The van der Waals surface area contributed by atoms with Crippen molar-refractivity contribution in [3.63, 3.8) is 0 Å². The molecule has 6 heteroatoms. The summed E-state index contributed by atoms with van der Waals surface area (Å²) in [7, 11) is 0. The number of hydrogen-bond donors (Lipinski definition) is 2. The van der Waals surface area contributed by atoms with E-state index in [9.17, 15) is 4.79 Å². The van der Waals surface area contributed by atoms with Crippen LogP contribution >= 0.6 is 0 Å². The SMILES string of the molecule is CCc1ccc(OCCCC(=O)Nc2cccc(Nc3nc(C)cc(C)n3)c2)cc1. The molecule has 0 aliphatic carbocycles. The number of aromatic nitrogens is 2. The van der Waals surface area contributed by atoms with Crippen LogP contribution in [-0.4, -0.2) is 22.5 Å². The number of nitrogens with zero attached hydrogens (tertiary/aromatic N) is 2. The molecule has 0 unspecified atom stereocenters. The van der Waals surface area contributed by atoms with E-state index in [1.165, 1.54) is 5.56 Å². The van der Waals surface area contributed by atoms with Crippen molar-refractivity contribution in [3.8, 4) is 5.75 Å². The third-order valence-electron chi connectivity index (χ3n) is 4.53. The predicted octanol–water partition coefficient (Wildman–Crippen LogP) is 5.20. The first-order valence-corrected chi connectivity index (χ1v) is 10.2. The highest BCUT2D eigenvalue weighted by Gasteiger charge is 2.05. The fourth-order valence-corrected chi connectivity index (χ4v) is 3.05. The maximum atomic E-state index is 12.3. The number of amides is 1. The molecule has 30 heavy (non-hydrogen) atoms. The van der Waals surface area contributed by atoms with Crippen molar-refractivity contribution in [2.75, 3.05) is 17.2 Å². The lowest BCUT2D eigenvalue weighted by Gasteiger charge is -2.10. The summed E-state index contributed by atoms with van der Waals surface area (Å²) in [5, 5.41) is 6.11. The van der Waals surface area contributed by atoms with Crippen LogP contribution in [0.15, 0.2) is 54.6 Å². The van der Waals surface area contributed by atoms with E-state index in [1.54, 1.807) is 0 Å². The number of hydrogen-bond acceptors (Lipinski definition) is 5. The first kappa shape index (κ1) is 21.3. The van der Waals surface area contributed by atoms with Gasteiger partial charge in [0.1, 0.15) is 5.75 Å². The van der Waals surface area contributed by atoms with Crippen molar-refractivity contribution >= 4 is 23.2 Å². The number of carbonyl (C=O) groups excluding carboxylic acids is 1. The quantitative estimate of drug-likeness (QED) is 0.480. The van der Waals surface area contributed by atoms with Gasteiger partial charge in [-0.15, -0.1) is 0 Å². The zero-order valence-corrected chi connectivity index (χ0v) is 17.7. The van der Waals surface area contributed by atoms with Gasteiger partial charge in [-0.1, -0.05) is 25.1 Å². The second-order valence-corrected chi connectivity index (χ2v) is 7.18. The topological polar surface area (TPSA) is 76.1 Å². The lowest BCUT2D eigenvalue weighted by molar-refractivity contribution is -0.116. The first-order chi connectivity index (χ1) is 14.5. The summed E-state index contributed by atoms with van der Waals surface area (Å²) in [6.45, 7) is 6.49. The molecule has 2 N–H and O–H groups in total. The van der Waals surface area contributed by atoms with Crippen molar-refractivity contribution in [2.45, 2.75) is 40.0 Å². The molecule has 0 radical (unpaired) electrons. The maximum absolute atomic E-state index is 12.3. The van der Waals surface area contributed by atoms with Crippen LogP contribution in [0.1, 0.15) is 36.7 Å². The Balaban J connectivity index is 1.46. The molecular weight excluding hydrogens is 376 g/mol. The Morgan fingerprint density at radius 3 is 2.37 bits per heavy atom. The van der Waals surface area contributed by atoms with Crippen LogP contribution in [-0.2, 0) is 11.2 Å². The van der Waals surface area contributed by atoms with Crippen molar-refractivity contribution < 1.29 is 9.53 Å². The minimum Gasteiger partial charge on any atom is -0.494 e. The van der Waals surface area contributed by atoms with E-state index >= 15 is 0 Å². The van der Waals surface area contributed by atoms with Gasteiger partial charge in [0.15, 0.2) is 0 Å². The number of rotatable bonds is 9. The van der Waals surface area contributed by atoms with E-state index in [0.717, 1.165) is 34.9 Å². The molecule has 0 fully saturated rings. The van der Waals surface area contributed by atoms with Gasteiger partial charge in [0.25, 0.3) is 0 Å². The van der Waals surface area contributed by atoms with Crippen LogP contribution in [0.25, 0.3) is 0 Å². The van der Waals surface area contributed by atoms with E-state index in [1.807, 2.05) is 56.3 Å². The second kappa shape index (κ2) is 10.4. The molecule has 0 saturated carbocycles. The molecule has 0 bridgehead atoms. The predicted molar refractivity (Wildman–Crippen MR) is 120 cm³/mol. The van der Waals surface area contributed by atoms with Gasteiger partial charge in [-0.25, -0.2) is 9.97 Å². The average Bonchev–Trinajstić information content (AvgIpc) is 2.71. The van der Waals surface area contributed by atoms with Gasteiger partial charge in [0.2, 0.25) is 11.9 Å². The molecule has 3 rings (SSSR count). The molecule has 2 aromatic carbocycles. The molecule has 0 aliphatic rings. The van der Waals surface area contributed by atoms with Crippen LogP contribution < -0.4 is 15.4 Å². The molecule has 1 aromatic heterocycles. The number of nitrogens with one attached hydrogen (secondary N) is 2. The maximum Gasteiger partial charge on any atom is 0.227 e. The Hall–Kier alpha value is -3.41. The monoisotopic (exact) mass is 404 g/mol. The number of aryl methyl sites for hydroxylation is 3. The number of benzene rings is 2. The standard InChI is InChI=1S/C24H28N4O2/c1-4-19-10-12-22(13-11-19)30-14-6-9-23(29)27-20-7-5-8-21(16-20)28-24-25-17(2)15-18(3)26-24/h5,7-8,10-13,15-16H,4,6,9,14H2,1-3H3,(H,27,29)(H,25,26,28). The number of ether oxygens (including phenoxy) is 1. The summed E-state index contributed by atoms with van der Waals surface area (Å²) in [5.74, 6) is 1.33. The Morgan fingerprint density at radius 2 is 1.67 bits per heavy atom. The molecule has 0 saturated heterocycles. The van der Waals surface area contributed by atoms with Crippen LogP contribution in [0.3, 0.4) is 0 Å². The molecule has 0 spiro atoms. The highest BCUT2D eigenvalue weighted by atomic mass is 16.5. The third-order valence-corrected chi connectivity index (χ3v) is 4.53. The fraction of sp³-hybridized carbons (Fsp3) is 0.292. The Bertz CT molecular complexity index is 967. The smallest absolute Gasteiger partial charge is 0.227 e. The lowest BCUT2D eigenvalue weighted by atomic mass is 10.2. The molecular formula is C24H28N4O2. The van der Waals surface area contributed by atoms with Crippen LogP contribution in [0.4, 0.5) is 17.3 Å². The number of carbonyl (C=O) groups is 1. The van der Waals surface area contributed by atoms with Crippen LogP contribution in [0, 0.1) is 13.8 Å². The Labute approximate surface area is 177 Å². The van der Waals surface area contributed by atoms with E-state index in [-0.39, 0.29) is 5.91 Å². The highest BCUT2D eigenvalue weighted by Crippen LogP contribution is 2.19. The largest absolute Gasteiger partial charge is 0.494 e. The zero-order chi connectivity index (χ0) is 21.3. The molecule has 3 aromatic rings. The number of anilines is 3. The van der Waals surface area contributed by atoms with Gasteiger partial charge in [0.05, 0.1) is 6.61 Å². The third kappa shape index (κ3) is 6.58. The zero-order valence-electron chi connectivity index (χ0n) is 17.7. The molecule has 0 atom stereocenters. The van der Waals surface area contributed by atoms with Gasteiger partial charge in [-0.3, -0.25) is 4.79 Å². The normalized spacial score (nSPS) is 10.5. The summed E-state index contributed by atoms with van der Waals surface area (Å²) in [5.41, 5.74) is 4.63. The van der Waals surface area contributed by atoms with Crippen LogP contribution in [0.5, 0.6) is 5.75 Å². The van der Waals surface area contributed by atoms with Gasteiger partial charge in [-0.2, -0.15) is 0 Å². The summed E-state index contributed by atoms with van der Waals surface area (Å²) in [6.07, 6.45) is 2.05. The van der Waals surface area contributed by atoms with E-state index < -0.39 is 0 Å².